The van der Waals surface area contributed by atoms with E-state index in [0.717, 1.165) is 32.5 Å². The Labute approximate surface area is 105 Å². The molecular formula is C15H23NO. The van der Waals surface area contributed by atoms with Gasteiger partial charge in [-0.3, -0.25) is 0 Å². The molecule has 0 fully saturated rings. The molecule has 0 aliphatic carbocycles. The van der Waals surface area contributed by atoms with Gasteiger partial charge in [-0.2, -0.15) is 0 Å². The average Bonchev–Trinajstić information content (AvgIpc) is 2.35. The van der Waals surface area contributed by atoms with Crippen molar-refractivity contribution in [2.24, 2.45) is 0 Å². The maximum atomic E-state index is 4.96. The molecule has 2 nitrogen and oxygen atoms in total. The molecule has 0 aliphatic rings. The molecule has 0 aromatic heterocycles. The highest BCUT2D eigenvalue weighted by Crippen LogP contribution is 2.07. The summed E-state index contributed by atoms with van der Waals surface area (Å²) < 4.78 is 4.96. The zero-order valence-corrected chi connectivity index (χ0v) is 10.9. The summed E-state index contributed by atoms with van der Waals surface area (Å²) >= 11 is 0. The van der Waals surface area contributed by atoms with Crippen LogP contribution in [0.15, 0.2) is 36.4 Å². The Hall–Kier alpha value is -1.12. The predicted octanol–water partition coefficient (Wildman–Crippen LogP) is 2.72. The highest BCUT2D eigenvalue weighted by molar-refractivity contribution is 5.27. The fourth-order valence-electron chi connectivity index (χ4n) is 1.65. The molecule has 0 atom stereocenters. The molecule has 0 spiro atoms. The van der Waals surface area contributed by atoms with Gasteiger partial charge in [0.15, 0.2) is 0 Å². The molecule has 0 saturated heterocycles. The molecule has 1 rings (SSSR count). The highest BCUT2D eigenvalue weighted by atomic mass is 16.5. The van der Waals surface area contributed by atoms with Crippen molar-refractivity contribution in [3.63, 3.8) is 0 Å². The van der Waals surface area contributed by atoms with Gasteiger partial charge in [0.1, 0.15) is 0 Å². The zero-order valence-electron chi connectivity index (χ0n) is 10.9. The second-order valence-corrected chi connectivity index (χ2v) is 4.13. The lowest BCUT2D eigenvalue weighted by Gasteiger charge is -2.02. The van der Waals surface area contributed by atoms with Crippen LogP contribution in [-0.2, 0) is 11.2 Å². The van der Waals surface area contributed by atoms with Gasteiger partial charge in [0.25, 0.3) is 0 Å². The molecule has 1 aromatic carbocycles. The van der Waals surface area contributed by atoms with Gasteiger partial charge in [-0.15, -0.1) is 0 Å². The predicted molar refractivity (Wildman–Crippen MR) is 73.4 cm³/mol. The van der Waals surface area contributed by atoms with Crippen LogP contribution in [0.1, 0.15) is 17.5 Å². The number of aryl methyl sites for hydroxylation is 1. The fourth-order valence-corrected chi connectivity index (χ4v) is 1.65. The number of hydrogen-bond donors (Lipinski definition) is 1. The number of hydrogen-bond acceptors (Lipinski definition) is 2. The number of rotatable bonds is 8. The summed E-state index contributed by atoms with van der Waals surface area (Å²) in [4.78, 5) is 0. The minimum absolute atomic E-state index is 0.785. The summed E-state index contributed by atoms with van der Waals surface area (Å²) in [6.45, 7) is 4.90. The third-order valence-electron chi connectivity index (χ3n) is 2.74. The Balaban J connectivity index is 2.12. The Bertz CT molecular complexity index is 333. The third-order valence-corrected chi connectivity index (χ3v) is 2.74. The van der Waals surface area contributed by atoms with Crippen LogP contribution < -0.4 is 5.32 Å². The lowest BCUT2D eigenvalue weighted by Crippen LogP contribution is -2.19. The summed E-state index contributed by atoms with van der Waals surface area (Å²) in [5.74, 6) is 0. The molecule has 2 heteroatoms. The van der Waals surface area contributed by atoms with Crippen molar-refractivity contribution in [2.45, 2.75) is 19.8 Å². The van der Waals surface area contributed by atoms with Gasteiger partial charge in [0.05, 0.1) is 6.61 Å². The van der Waals surface area contributed by atoms with Gasteiger partial charge in [0.2, 0.25) is 0 Å². The topological polar surface area (TPSA) is 21.3 Å². The molecule has 0 bridgehead atoms. The molecule has 1 N–H and O–H groups in total. The van der Waals surface area contributed by atoms with Crippen LogP contribution in [0.3, 0.4) is 0 Å². The van der Waals surface area contributed by atoms with Crippen LogP contribution in [0.5, 0.6) is 0 Å². The molecule has 0 radical (unpaired) electrons. The van der Waals surface area contributed by atoms with Gasteiger partial charge >= 0.3 is 0 Å². The van der Waals surface area contributed by atoms with Crippen LogP contribution >= 0.6 is 0 Å². The van der Waals surface area contributed by atoms with E-state index in [1.807, 2.05) is 0 Å². The SMILES string of the molecule is COCCNCCC=CCc1ccccc1C. The quantitative estimate of drug-likeness (QED) is 0.550. The van der Waals surface area contributed by atoms with Gasteiger partial charge < -0.3 is 10.1 Å². The minimum Gasteiger partial charge on any atom is -0.383 e. The van der Waals surface area contributed by atoms with Crippen LogP contribution in [0.2, 0.25) is 0 Å². The summed E-state index contributed by atoms with van der Waals surface area (Å²) in [6, 6.07) is 8.54. The van der Waals surface area contributed by atoms with E-state index in [4.69, 9.17) is 4.74 Å². The number of nitrogens with one attached hydrogen (secondary N) is 1. The van der Waals surface area contributed by atoms with Gasteiger partial charge in [-0.25, -0.2) is 0 Å². The molecule has 94 valence electrons. The van der Waals surface area contributed by atoms with Crippen molar-refractivity contribution in [2.75, 3.05) is 26.8 Å². The second kappa shape index (κ2) is 8.97. The molecule has 0 aliphatic heterocycles. The number of allylic oxidation sites excluding steroid dienone is 1. The van der Waals surface area contributed by atoms with E-state index in [0.29, 0.717) is 0 Å². The Morgan fingerprint density at radius 1 is 1.18 bits per heavy atom. The highest BCUT2D eigenvalue weighted by Gasteiger charge is 1.92. The normalized spacial score (nSPS) is 11.2. The maximum Gasteiger partial charge on any atom is 0.0587 e. The maximum absolute atomic E-state index is 4.96. The summed E-state index contributed by atoms with van der Waals surface area (Å²) in [7, 11) is 1.73. The van der Waals surface area contributed by atoms with E-state index >= 15 is 0 Å². The van der Waals surface area contributed by atoms with E-state index in [2.05, 4.69) is 48.7 Å². The monoisotopic (exact) mass is 233 g/mol. The summed E-state index contributed by atoms with van der Waals surface area (Å²) in [5, 5.41) is 3.32. The largest absolute Gasteiger partial charge is 0.383 e. The first-order valence-corrected chi connectivity index (χ1v) is 6.23. The Morgan fingerprint density at radius 2 is 2.00 bits per heavy atom. The van der Waals surface area contributed by atoms with E-state index in [9.17, 15) is 0 Å². The molecule has 0 amide bonds. The van der Waals surface area contributed by atoms with Crippen LogP contribution in [0.25, 0.3) is 0 Å². The minimum atomic E-state index is 0.785. The van der Waals surface area contributed by atoms with Crippen LogP contribution in [0.4, 0.5) is 0 Å². The molecule has 0 saturated carbocycles. The second-order valence-electron chi connectivity index (χ2n) is 4.13. The van der Waals surface area contributed by atoms with E-state index < -0.39 is 0 Å². The molecule has 17 heavy (non-hydrogen) atoms. The average molecular weight is 233 g/mol. The van der Waals surface area contributed by atoms with E-state index in [1.165, 1.54) is 11.1 Å². The Kier molecular flexibility index (Phi) is 7.35. The molecular weight excluding hydrogens is 210 g/mol. The van der Waals surface area contributed by atoms with Crippen LogP contribution in [0, 0.1) is 6.92 Å². The zero-order chi connectivity index (χ0) is 12.3. The number of ether oxygens (including phenoxy) is 1. The standard InChI is InChI=1S/C15H23NO/c1-14-8-5-6-10-15(14)9-4-3-7-11-16-12-13-17-2/h3-6,8,10,16H,7,9,11-13H2,1-2H3. The fraction of sp³-hybridized carbons (Fsp3) is 0.467. The van der Waals surface area contributed by atoms with Crippen molar-refractivity contribution in [3.8, 4) is 0 Å². The van der Waals surface area contributed by atoms with Crippen molar-refractivity contribution in [1.29, 1.82) is 0 Å². The van der Waals surface area contributed by atoms with Gasteiger partial charge in [-0.05, 0) is 37.4 Å². The van der Waals surface area contributed by atoms with Crippen molar-refractivity contribution in [3.05, 3.63) is 47.5 Å². The lowest BCUT2D eigenvalue weighted by molar-refractivity contribution is 0.199. The summed E-state index contributed by atoms with van der Waals surface area (Å²) in [5.41, 5.74) is 2.78. The lowest BCUT2D eigenvalue weighted by atomic mass is 10.1. The van der Waals surface area contributed by atoms with E-state index in [-0.39, 0.29) is 0 Å². The van der Waals surface area contributed by atoms with Gasteiger partial charge in [-0.1, -0.05) is 36.4 Å². The first kappa shape index (κ1) is 13.9. The molecule has 1 aromatic rings. The van der Waals surface area contributed by atoms with Crippen LogP contribution in [-0.4, -0.2) is 26.8 Å². The summed E-state index contributed by atoms with van der Waals surface area (Å²) in [6.07, 6.45) is 6.60. The number of benzene rings is 1. The molecule has 0 heterocycles. The van der Waals surface area contributed by atoms with Crippen molar-refractivity contribution < 1.29 is 4.74 Å². The third kappa shape index (κ3) is 6.25. The van der Waals surface area contributed by atoms with Crippen molar-refractivity contribution >= 4 is 0 Å². The van der Waals surface area contributed by atoms with Crippen molar-refractivity contribution in [1.82, 2.24) is 5.32 Å². The Morgan fingerprint density at radius 3 is 2.76 bits per heavy atom. The first-order valence-electron chi connectivity index (χ1n) is 6.23. The molecule has 0 unspecified atom stereocenters. The smallest absolute Gasteiger partial charge is 0.0587 e. The van der Waals surface area contributed by atoms with E-state index in [1.54, 1.807) is 7.11 Å². The number of methoxy groups -OCH3 is 1. The first-order chi connectivity index (χ1) is 8.34. The van der Waals surface area contributed by atoms with Gasteiger partial charge in [0, 0.05) is 13.7 Å².